The predicted octanol–water partition coefficient (Wildman–Crippen LogP) is 6.67. The Morgan fingerprint density at radius 1 is 0.833 bits per heavy atom. The van der Waals surface area contributed by atoms with Crippen molar-refractivity contribution in [2.24, 2.45) is 0 Å². The summed E-state index contributed by atoms with van der Waals surface area (Å²) in [6.07, 6.45) is 0.150. The van der Waals surface area contributed by atoms with Gasteiger partial charge in [-0.3, -0.25) is 4.79 Å². The number of hydrogen-bond acceptors (Lipinski definition) is 7. The van der Waals surface area contributed by atoms with Crippen molar-refractivity contribution in [2.45, 2.75) is 92.9 Å². The van der Waals surface area contributed by atoms with Crippen molar-refractivity contribution >= 4 is 53.6 Å². The molecule has 42 heavy (non-hydrogen) atoms. The molecule has 0 aromatic heterocycles. The Hall–Kier alpha value is -2.59. The van der Waals surface area contributed by atoms with E-state index < -0.39 is 42.2 Å². The van der Waals surface area contributed by atoms with Crippen LogP contribution in [0, 0.1) is 0 Å². The second kappa shape index (κ2) is 18.2. The predicted molar refractivity (Wildman–Crippen MR) is 171 cm³/mol. The van der Waals surface area contributed by atoms with Crippen molar-refractivity contribution in [1.82, 2.24) is 5.32 Å². The summed E-state index contributed by atoms with van der Waals surface area (Å²) in [5, 5.41) is 2.50. The molecule has 1 saturated heterocycles. The topological polar surface area (TPSA) is 100 Å². The number of esters is 2. The van der Waals surface area contributed by atoms with Crippen molar-refractivity contribution in [2.75, 3.05) is 14.2 Å². The Labute approximate surface area is 261 Å². The maximum absolute atomic E-state index is 13.0. The summed E-state index contributed by atoms with van der Waals surface area (Å²) >= 11 is 12.4. The summed E-state index contributed by atoms with van der Waals surface area (Å²) < 4.78 is 21.7. The normalized spacial score (nSPS) is 14.9. The second-order valence-corrected chi connectivity index (χ2v) is 10.2. The highest BCUT2D eigenvalue weighted by Crippen LogP contribution is 2.36. The van der Waals surface area contributed by atoms with E-state index >= 15 is 0 Å². The number of carbonyl (C=O) groups is 3. The number of amides is 1. The van der Waals surface area contributed by atoms with Crippen molar-refractivity contribution < 1.29 is 33.2 Å². The lowest BCUT2D eigenvalue weighted by atomic mass is 9.78. The molecule has 0 aliphatic carbocycles. The van der Waals surface area contributed by atoms with Crippen LogP contribution in [0.1, 0.15) is 95.5 Å². The van der Waals surface area contributed by atoms with E-state index in [0.717, 1.165) is 11.0 Å². The fraction of sp³-hybridized carbons (Fsp3) is 0.516. The zero-order valence-electron chi connectivity index (χ0n) is 26.9. The molecule has 234 valence electrons. The smallest absolute Gasteiger partial charge is 0.467 e. The van der Waals surface area contributed by atoms with E-state index in [2.05, 4.69) is 10.1 Å². The molecule has 1 atom stereocenters. The van der Waals surface area contributed by atoms with Gasteiger partial charge in [-0.15, -0.1) is 0 Å². The third-order valence-electron chi connectivity index (χ3n) is 6.43. The fourth-order valence-corrected chi connectivity index (χ4v) is 4.28. The minimum atomic E-state index is -1.02. The maximum atomic E-state index is 13.0. The Morgan fingerprint density at radius 3 is 1.69 bits per heavy atom. The summed E-state index contributed by atoms with van der Waals surface area (Å²) in [6, 6.07) is 8.89. The van der Waals surface area contributed by atoms with Crippen LogP contribution in [0.4, 0.5) is 0 Å². The molecule has 8 nitrogen and oxygen atoms in total. The second-order valence-electron chi connectivity index (χ2n) is 9.39. The highest BCUT2D eigenvalue weighted by Gasteiger charge is 2.51. The molecule has 0 spiro atoms. The van der Waals surface area contributed by atoms with Crippen molar-refractivity contribution in [3.8, 4) is 0 Å². The molecule has 1 aliphatic rings. The number of halogens is 2. The van der Waals surface area contributed by atoms with E-state index in [4.69, 9.17) is 37.2 Å². The monoisotopic (exact) mass is 625 g/mol. The van der Waals surface area contributed by atoms with E-state index in [1.54, 1.807) is 0 Å². The summed E-state index contributed by atoms with van der Waals surface area (Å²) in [7, 11) is 1.93. The standard InChI is InChI=1S/C25H28BCl2NO7.3C2H6/c1-24(2)25(3,4)36-26(35-24)16-9-7-14(8-10-16)11-19(23(32)34-6)29-21(30)20-17(27)12-15(13-18(20)28)22(31)33-5;3*1-2/h7-10,12-13,19H,11H2,1-6H3,(H,29,30);3*1-2H3. The Balaban J connectivity index is 0.00000263. The Kier molecular flexibility index (Phi) is 17.0. The lowest BCUT2D eigenvalue weighted by molar-refractivity contribution is -0.142. The van der Waals surface area contributed by atoms with Crippen LogP contribution in [0.15, 0.2) is 36.4 Å². The van der Waals surface area contributed by atoms with E-state index in [0.29, 0.717) is 0 Å². The molecule has 11 heteroatoms. The van der Waals surface area contributed by atoms with Gasteiger partial charge in [-0.1, -0.05) is 89.0 Å². The zero-order valence-corrected chi connectivity index (χ0v) is 28.5. The molecular weight excluding hydrogens is 580 g/mol. The van der Waals surface area contributed by atoms with E-state index in [1.807, 2.05) is 93.5 Å². The number of nitrogens with one attached hydrogen (secondary N) is 1. The van der Waals surface area contributed by atoms with Crippen LogP contribution < -0.4 is 10.8 Å². The van der Waals surface area contributed by atoms with Crippen LogP contribution in [0.5, 0.6) is 0 Å². The number of ether oxygens (including phenoxy) is 2. The number of carbonyl (C=O) groups excluding carboxylic acids is 3. The first kappa shape index (κ1) is 39.4. The fourth-order valence-electron chi connectivity index (χ4n) is 3.62. The minimum absolute atomic E-state index is 0.0595. The number of rotatable bonds is 7. The SMILES string of the molecule is CC.CC.CC.COC(=O)c1cc(Cl)c(C(=O)NC(Cc2ccc(B3OC(C)(C)C(C)(C)O3)cc2)C(=O)OC)c(Cl)c1. The Bertz CT molecular complexity index is 1130. The van der Waals surface area contributed by atoms with E-state index in [1.165, 1.54) is 26.4 Å². The van der Waals surface area contributed by atoms with Crippen LogP contribution in [0.25, 0.3) is 0 Å². The van der Waals surface area contributed by atoms with Gasteiger partial charge in [0.2, 0.25) is 0 Å². The summed E-state index contributed by atoms with van der Waals surface area (Å²) in [5.41, 5.74) is 0.693. The van der Waals surface area contributed by atoms with Crippen LogP contribution in [-0.2, 0) is 30.0 Å². The molecule has 0 saturated carbocycles. The molecule has 1 amide bonds. The van der Waals surface area contributed by atoms with E-state index in [9.17, 15) is 14.4 Å². The molecule has 2 aromatic rings. The number of methoxy groups -OCH3 is 2. The largest absolute Gasteiger partial charge is 0.494 e. The average Bonchev–Trinajstić information content (AvgIpc) is 3.21. The molecule has 1 N–H and O–H groups in total. The van der Waals surface area contributed by atoms with Gasteiger partial charge in [0.05, 0.1) is 46.6 Å². The van der Waals surface area contributed by atoms with Gasteiger partial charge in [0.15, 0.2) is 0 Å². The van der Waals surface area contributed by atoms with Crippen LogP contribution in [0.2, 0.25) is 10.0 Å². The van der Waals surface area contributed by atoms with Gasteiger partial charge in [-0.25, -0.2) is 9.59 Å². The van der Waals surface area contributed by atoms with Gasteiger partial charge >= 0.3 is 19.1 Å². The molecule has 0 radical (unpaired) electrons. The molecule has 2 aromatic carbocycles. The highest BCUT2D eigenvalue weighted by molar-refractivity contribution is 6.62. The summed E-state index contributed by atoms with van der Waals surface area (Å²) in [5.74, 6) is -1.98. The molecule has 1 heterocycles. The van der Waals surface area contributed by atoms with Gasteiger partial charge in [0.1, 0.15) is 6.04 Å². The van der Waals surface area contributed by atoms with Gasteiger partial charge in [-0.05, 0) is 50.9 Å². The van der Waals surface area contributed by atoms with Crippen molar-refractivity contribution in [3.63, 3.8) is 0 Å². The first-order valence-corrected chi connectivity index (χ1v) is 15.0. The van der Waals surface area contributed by atoms with Crippen LogP contribution in [0.3, 0.4) is 0 Å². The maximum Gasteiger partial charge on any atom is 0.494 e. The lowest BCUT2D eigenvalue weighted by Crippen LogP contribution is -2.43. The Morgan fingerprint density at radius 2 is 1.29 bits per heavy atom. The quantitative estimate of drug-likeness (QED) is 0.271. The number of hydrogen-bond donors (Lipinski definition) is 1. The zero-order chi connectivity index (χ0) is 32.8. The van der Waals surface area contributed by atoms with Gasteiger partial charge < -0.3 is 24.1 Å². The van der Waals surface area contributed by atoms with Gasteiger partial charge in [0.25, 0.3) is 5.91 Å². The highest BCUT2D eigenvalue weighted by atomic mass is 35.5. The van der Waals surface area contributed by atoms with Crippen molar-refractivity contribution in [1.29, 1.82) is 0 Å². The number of benzene rings is 2. The van der Waals surface area contributed by atoms with Crippen LogP contribution in [-0.4, -0.2) is 56.4 Å². The molecular formula is C31H46BCl2NO7. The molecule has 0 bridgehead atoms. The van der Waals surface area contributed by atoms with Crippen molar-refractivity contribution in [3.05, 3.63) is 63.1 Å². The summed E-state index contributed by atoms with van der Waals surface area (Å²) in [4.78, 5) is 37.2. The van der Waals surface area contributed by atoms with Gasteiger partial charge in [0, 0.05) is 6.42 Å². The molecule has 1 aliphatic heterocycles. The molecule has 3 rings (SSSR count). The minimum Gasteiger partial charge on any atom is -0.467 e. The summed E-state index contributed by atoms with van der Waals surface area (Å²) in [6.45, 7) is 19.9. The van der Waals surface area contributed by atoms with E-state index in [-0.39, 0.29) is 27.6 Å². The molecule has 1 fully saturated rings. The first-order valence-electron chi connectivity index (χ1n) is 14.2. The van der Waals surface area contributed by atoms with Crippen LogP contribution >= 0.6 is 23.2 Å². The third kappa shape index (κ3) is 10.0. The molecule has 1 unspecified atom stereocenters. The lowest BCUT2D eigenvalue weighted by Gasteiger charge is -2.32. The third-order valence-corrected chi connectivity index (χ3v) is 7.02. The first-order chi connectivity index (χ1) is 19.8. The average molecular weight is 626 g/mol. The van der Waals surface area contributed by atoms with Gasteiger partial charge in [-0.2, -0.15) is 0 Å².